The number of allylic oxidation sites excluding steroid dienone is 2. The number of rotatable bonds is 6. The average Bonchev–Trinajstić information content (AvgIpc) is 3.01. The Hall–Kier alpha value is -3.05. The minimum atomic E-state index is -0.0578. The molecule has 0 bridgehead atoms. The summed E-state index contributed by atoms with van der Waals surface area (Å²) < 4.78 is 0. The van der Waals surface area contributed by atoms with Gasteiger partial charge in [-0.25, -0.2) is 4.98 Å². The zero-order valence-corrected chi connectivity index (χ0v) is 17.9. The normalized spacial score (nSPS) is 16.0. The monoisotopic (exact) mass is 415 g/mol. The maximum atomic E-state index is 12.7. The maximum Gasteiger partial charge on any atom is 0.263 e. The Balaban J connectivity index is 1.41. The predicted octanol–water partition coefficient (Wildman–Crippen LogP) is 5.11. The number of nitrogens with one attached hydrogen (secondary N) is 1. The molecule has 1 unspecified atom stereocenters. The fourth-order valence-electron chi connectivity index (χ4n) is 3.51. The average molecular weight is 416 g/mol. The minimum Gasteiger partial charge on any atom is -0.347 e. The molecule has 1 amide bonds. The lowest BCUT2D eigenvalue weighted by Crippen LogP contribution is -2.22. The Labute approximate surface area is 181 Å². The summed E-state index contributed by atoms with van der Waals surface area (Å²) in [6, 6.07) is 20.4. The van der Waals surface area contributed by atoms with E-state index in [0.717, 1.165) is 29.1 Å². The molecule has 0 aliphatic carbocycles. The first kappa shape index (κ1) is 20.2. The molecule has 1 N–H and O–H groups in total. The summed E-state index contributed by atoms with van der Waals surface area (Å²) in [7, 11) is 0. The van der Waals surface area contributed by atoms with E-state index in [1.54, 1.807) is 0 Å². The summed E-state index contributed by atoms with van der Waals surface area (Å²) in [6.07, 6.45) is 6.03. The Morgan fingerprint density at radius 2 is 1.77 bits per heavy atom. The van der Waals surface area contributed by atoms with Crippen molar-refractivity contribution in [3.8, 4) is 0 Å². The molecule has 1 aliphatic rings. The van der Waals surface area contributed by atoms with Crippen molar-refractivity contribution in [2.24, 2.45) is 4.99 Å². The van der Waals surface area contributed by atoms with Crippen molar-refractivity contribution in [2.45, 2.75) is 32.2 Å². The molecule has 1 atom stereocenters. The molecule has 4 nitrogen and oxygen atoms in total. The number of hydrogen-bond donors (Lipinski definition) is 1. The van der Waals surface area contributed by atoms with Gasteiger partial charge in [-0.05, 0) is 36.5 Å². The summed E-state index contributed by atoms with van der Waals surface area (Å²) in [5, 5.41) is 4.00. The van der Waals surface area contributed by atoms with Gasteiger partial charge in [0.25, 0.3) is 5.91 Å². The van der Waals surface area contributed by atoms with Crippen LogP contribution in [0.15, 0.2) is 77.3 Å². The van der Waals surface area contributed by atoms with Crippen molar-refractivity contribution in [1.82, 2.24) is 10.3 Å². The first-order valence-corrected chi connectivity index (χ1v) is 11.0. The van der Waals surface area contributed by atoms with Crippen molar-refractivity contribution < 1.29 is 4.79 Å². The van der Waals surface area contributed by atoms with E-state index in [1.165, 1.54) is 22.5 Å². The standard InChI is InChI=1S/C25H25N3OS/c1-18-23(24(29)27-16-20-10-6-3-7-11-20)30-25(28-18)22-13-12-21(15-26-17-22)14-19-8-4-2-5-9-19/h2-12,15,22H,13-14,16-17H2,1H3,(H,27,29). The molecule has 5 heteroatoms. The molecule has 0 saturated carbocycles. The van der Waals surface area contributed by atoms with Crippen molar-refractivity contribution in [3.63, 3.8) is 0 Å². The molecule has 0 radical (unpaired) electrons. The molecule has 2 heterocycles. The molecule has 152 valence electrons. The molecule has 2 aromatic carbocycles. The van der Waals surface area contributed by atoms with E-state index in [0.29, 0.717) is 18.0 Å². The number of amides is 1. The molecule has 0 saturated heterocycles. The molecule has 30 heavy (non-hydrogen) atoms. The number of aromatic nitrogens is 1. The topological polar surface area (TPSA) is 54.4 Å². The zero-order chi connectivity index (χ0) is 20.8. The Morgan fingerprint density at radius 3 is 2.50 bits per heavy atom. The second-order valence-electron chi connectivity index (χ2n) is 7.50. The number of thiazole rings is 1. The van der Waals surface area contributed by atoms with E-state index < -0.39 is 0 Å². The Bertz CT molecular complexity index is 1050. The lowest BCUT2D eigenvalue weighted by atomic mass is 10.0. The zero-order valence-electron chi connectivity index (χ0n) is 17.0. The van der Waals surface area contributed by atoms with Crippen molar-refractivity contribution in [2.75, 3.05) is 6.54 Å². The van der Waals surface area contributed by atoms with E-state index in [2.05, 4.69) is 40.7 Å². The molecule has 3 aromatic rings. The van der Waals surface area contributed by atoms with Gasteiger partial charge >= 0.3 is 0 Å². The Morgan fingerprint density at radius 1 is 1.07 bits per heavy atom. The number of aryl methyl sites for hydroxylation is 1. The highest BCUT2D eigenvalue weighted by molar-refractivity contribution is 7.13. The first-order chi connectivity index (χ1) is 14.7. The van der Waals surface area contributed by atoms with Gasteiger partial charge in [-0.3, -0.25) is 9.79 Å². The van der Waals surface area contributed by atoms with Gasteiger partial charge in [0.15, 0.2) is 0 Å². The predicted molar refractivity (Wildman–Crippen MR) is 123 cm³/mol. The van der Waals surface area contributed by atoms with Gasteiger partial charge in [-0.1, -0.05) is 66.7 Å². The van der Waals surface area contributed by atoms with Gasteiger partial charge in [-0.15, -0.1) is 11.3 Å². The molecule has 1 aliphatic heterocycles. The summed E-state index contributed by atoms with van der Waals surface area (Å²) in [5.74, 6) is 0.159. The maximum absolute atomic E-state index is 12.7. The van der Waals surface area contributed by atoms with E-state index in [1.807, 2.05) is 49.5 Å². The van der Waals surface area contributed by atoms with Gasteiger partial charge in [0.1, 0.15) is 4.88 Å². The minimum absolute atomic E-state index is 0.0578. The highest BCUT2D eigenvalue weighted by Gasteiger charge is 2.21. The highest BCUT2D eigenvalue weighted by atomic mass is 32.1. The summed E-state index contributed by atoms with van der Waals surface area (Å²) in [5.41, 5.74) is 4.40. The number of aliphatic imine (C=N–C) groups is 1. The number of hydrogen-bond acceptors (Lipinski definition) is 4. The Kier molecular flexibility index (Phi) is 6.50. The summed E-state index contributed by atoms with van der Waals surface area (Å²) in [6.45, 7) is 3.13. The van der Waals surface area contributed by atoms with Crippen LogP contribution in [0.2, 0.25) is 0 Å². The van der Waals surface area contributed by atoms with E-state index in [9.17, 15) is 4.79 Å². The van der Waals surface area contributed by atoms with Crippen LogP contribution in [0.1, 0.15) is 43.8 Å². The second kappa shape index (κ2) is 9.63. The fourth-order valence-corrected chi connectivity index (χ4v) is 4.59. The number of carbonyl (C=O) groups excluding carboxylic acids is 1. The number of benzene rings is 2. The van der Waals surface area contributed by atoms with Crippen molar-refractivity contribution >= 4 is 23.5 Å². The van der Waals surface area contributed by atoms with Gasteiger partial charge in [0.2, 0.25) is 0 Å². The molecule has 1 aromatic heterocycles. The fraction of sp³-hybridized carbons (Fsp3) is 0.240. The number of nitrogens with zero attached hydrogens (tertiary/aromatic N) is 2. The third-order valence-corrected chi connectivity index (χ3v) is 6.48. The number of carbonyl (C=O) groups is 1. The van der Waals surface area contributed by atoms with E-state index in [-0.39, 0.29) is 11.8 Å². The molecule has 4 rings (SSSR count). The van der Waals surface area contributed by atoms with Crippen LogP contribution in [-0.4, -0.2) is 23.7 Å². The quantitative estimate of drug-likeness (QED) is 0.608. The van der Waals surface area contributed by atoms with Gasteiger partial charge < -0.3 is 5.32 Å². The van der Waals surface area contributed by atoms with E-state index in [4.69, 9.17) is 4.98 Å². The SMILES string of the molecule is Cc1nc(C2CC=C(Cc3ccccc3)C=NC2)sc1C(=O)NCc1ccccc1. The third kappa shape index (κ3) is 5.10. The van der Waals surface area contributed by atoms with Gasteiger partial charge in [0, 0.05) is 25.2 Å². The molecule has 0 fully saturated rings. The van der Waals surface area contributed by atoms with Crippen LogP contribution < -0.4 is 5.32 Å². The summed E-state index contributed by atoms with van der Waals surface area (Å²) in [4.78, 5) is 22.7. The molecule has 0 spiro atoms. The van der Waals surface area contributed by atoms with Crippen LogP contribution in [0.5, 0.6) is 0 Å². The smallest absolute Gasteiger partial charge is 0.263 e. The van der Waals surface area contributed by atoms with Crippen LogP contribution >= 0.6 is 11.3 Å². The van der Waals surface area contributed by atoms with Crippen LogP contribution in [-0.2, 0) is 13.0 Å². The molecular formula is C25H25N3OS. The van der Waals surface area contributed by atoms with Crippen LogP contribution in [0, 0.1) is 6.92 Å². The third-order valence-electron chi connectivity index (χ3n) is 5.16. The van der Waals surface area contributed by atoms with Crippen molar-refractivity contribution in [3.05, 3.63) is 99.0 Å². The van der Waals surface area contributed by atoms with Crippen LogP contribution in [0.3, 0.4) is 0 Å². The van der Waals surface area contributed by atoms with Crippen LogP contribution in [0.4, 0.5) is 0 Å². The lowest BCUT2D eigenvalue weighted by Gasteiger charge is -2.07. The molecular weight excluding hydrogens is 390 g/mol. The highest BCUT2D eigenvalue weighted by Crippen LogP contribution is 2.30. The first-order valence-electron chi connectivity index (χ1n) is 10.2. The van der Waals surface area contributed by atoms with E-state index >= 15 is 0 Å². The van der Waals surface area contributed by atoms with Crippen molar-refractivity contribution in [1.29, 1.82) is 0 Å². The summed E-state index contributed by atoms with van der Waals surface area (Å²) >= 11 is 1.50. The van der Waals surface area contributed by atoms with Gasteiger partial charge in [-0.2, -0.15) is 0 Å². The largest absolute Gasteiger partial charge is 0.347 e. The second-order valence-corrected chi connectivity index (χ2v) is 8.53. The lowest BCUT2D eigenvalue weighted by molar-refractivity contribution is 0.0954. The van der Waals surface area contributed by atoms with Crippen LogP contribution in [0.25, 0.3) is 0 Å². The van der Waals surface area contributed by atoms with Gasteiger partial charge in [0.05, 0.1) is 10.7 Å².